The van der Waals surface area contributed by atoms with Crippen LogP contribution in [0.4, 0.5) is 13.6 Å². The van der Waals surface area contributed by atoms with Crippen molar-refractivity contribution >= 4 is 6.09 Å². The number of nitrogens with one attached hydrogen (secondary N) is 1. The van der Waals surface area contributed by atoms with Crippen molar-refractivity contribution in [3.63, 3.8) is 0 Å². The number of alkyl carbamates (subject to hydrolysis) is 1. The highest BCUT2D eigenvalue weighted by Gasteiger charge is 2.38. The maximum absolute atomic E-state index is 13.2. The summed E-state index contributed by atoms with van der Waals surface area (Å²) in [6.45, 7) is 6.17. The third-order valence-corrected chi connectivity index (χ3v) is 1.81. The van der Waals surface area contributed by atoms with Gasteiger partial charge in [-0.1, -0.05) is 0 Å². The van der Waals surface area contributed by atoms with E-state index in [9.17, 15) is 13.6 Å². The Kier molecular flexibility index (Phi) is 6.48. The van der Waals surface area contributed by atoms with E-state index < -0.39 is 30.3 Å². The van der Waals surface area contributed by atoms with Gasteiger partial charge in [0.1, 0.15) is 5.60 Å². The number of ether oxygens (including phenoxy) is 2. The number of halogens is 2. The van der Waals surface area contributed by atoms with E-state index in [0.717, 1.165) is 0 Å². The van der Waals surface area contributed by atoms with Gasteiger partial charge in [-0.3, -0.25) is 0 Å². The Morgan fingerprint density at radius 3 is 2.39 bits per heavy atom. The first-order valence-corrected chi connectivity index (χ1v) is 5.73. The van der Waals surface area contributed by atoms with Crippen LogP contribution in [0.15, 0.2) is 0 Å². The number of rotatable bonds is 6. The number of hydrogen-bond acceptors (Lipinski definition) is 4. The van der Waals surface area contributed by atoms with E-state index in [1.54, 1.807) is 20.8 Å². The first-order valence-electron chi connectivity index (χ1n) is 5.73. The van der Waals surface area contributed by atoms with Crippen molar-refractivity contribution in [1.29, 1.82) is 0 Å². The summed E-state index contributed by atoms with van der Waals surface area (Å²) in [5, 5.41) is 11.2. The number of amides is 1. The lowest BCUT2D eigenvalue weighted by molar-refractivity contribution is -0.233. The van der Waals surface area contributed by atoms with Gasteiger partial charge in [-0.2, -0.15) is 0 Å². The second-order valence-corrected chi connectivity index (χ2v) is 4.75. The van der Waals surface area contributed by atoms with Gasteiger partial charge < -0.3 is 19.9 Å². The number of hydrogen-bond donors (Lipinski definition) is 2. The molecule has 0 saturated carbocycles. The van der Waals surface area contributed by atoms with Crippen LogP contribution < -0.4 is 5.32 Å². The zero-order valence-electron chi connectivity index (χ0n) is 11.1. The van der Waals surface area contributed by atoms with Crippen LogP contribution in [0, 0.1) is 0 Å². The molecule has 0 aliphatic heterocycles. The quantitative estimate of drug-likeness (QED) is 0.723. The van der Waals surface area contributed by atoms with E-state index in [2.05, 4.69) is 10.1 Å². The summed E-state index contributed by atoms with van der Waals surface area (Å²) in [6.07, 6.45) is -3.67. The molecule has 0 fully saturated rings. The molecule has 1 atom stereocenters. The molecule has 0 heterocycles. The minimum Gasteiger partial charge on any atom is -0.444 e. The fraction of sp³-hybridized carbons (Fsp3) is 0.909. The minimum absolute atomic E-state index is 0.0176. The minimum atomic E-state index is -3.41. The van der Waals surface area contributed by atoms with E-state index >= 15 is 0 Å². The number of carbonyl (C=O) groups excluding carboxylic acids is 1. The number of carbonyl (C=O) groups is 1. The standard InChI is InChI=1S/C11H21F2NO4/c1-5-17-8(15)11(12,13)6-7-14-9(16)18-10(2,3)4/h8,15H,5-7H2,1-4H3,(H,14,16). The molecule has 1 unspecified atom stereocenters. The average Bonchev–Trinajstić information content (AvgIpc) is 2.14. The summed E-state index contributed by atoms with van der Waals surface area (Å²) < 4.78 is 35.7. The normalized spacial score (nSPS) is 14.2. The molecule has 0 saturated heterocycles. The summed E-state index contributed by atoms with van der Waals surface area (Å²) in [6, 6.07) is 0. The first kappa shape index (κ1) is 17.1. The van der Waals surface area contributed by atoms with Crippen molar-refractivity contribution in [2.45, 2.75) is 51.9 Å². The maximum atomic E-state index is 13.2. The van der Waals surface area contributed by atoms with Gasteiger partial charge >= 0.3 is 6.09 Å². The Morgan fingerprint density at radius 1 is 1.39 bits per heavy atom. The average molecular weight is 269 g/mol. The SMILES string of the molecule is CCOC(O)C(F)(F)CCNC(=O)OC(C)(C)C. The summed E-state index contributed by atoms with van der Waals surface area (Å²) in [5.41, 5.74) is -0.683. The monoisotopic (exact) mass is 269 g/mol. The van der Waals surface area contributed by atoms with Crippen LogP contribution in [0.1, 0.15) is 34.1 Å². The fourth-order valence-corrected chi connectivity index (χ4v) is 1.05. The van der Waals surface area contributed by atoms with Gasteiger partial charge in [0.25, 0.3) is 5.92 Å². The van der Waals surface area contributed by atoms with Gasteiger partial charge in [0.2, 0.25) is 6.29 Å². The first-order chi connectivity index (χ1) is 8.08. The largest absolute Gasteiger partial charge is 0.444 e. The highest BCUT2D eigenvalue weighted by molar-refractivity contribution is 5.67. The molecule has 18 heavy (non-hydrogen) atoms. The number of aliphatic hydroxyl groups excluding tert-OH is 1. The second kappa shape index (κ2) is 6.84. The van der Waals surface area contributed by atoms with Gasteiger partial charge in [-0.05, 0) is 27.7 Å². The molecule has 0 spiro atoms. The molecule has 7 heteroatoms. The van der Waals surface area contributed by atoms with E-state index in [4.69, 9.17) is 9.84 Å². The van der Waals surface area contributed by atoms with Crippen LogP contribution in [0.5, 0.6) is 0 Å². The van der Waals surface area contributed by atoms with Gasteiger partial charge in [0.15, 0.2) is 0 Å². The molecule has 0 aromatic rings. The molecule has 0 bridgehead atoms. The molecule has 0 aromatic heterocycles. The molecule has 108 valence electrons. The van der Waals surface area contributed by atoms with Crippen LogP contribution in [0.25, 0.3) is 0 Å². The Bertz CT molecular complexity index is 266. The molecule has 0 radical (unpaired) electrons. The predicted octanol–water partition coefficient (Wildman–Crippen LogP) is 1.89. The van der Waals surface area contributed by atoms with Gasteiger partial charge in [-0.15, -0.1) is 0 Å². The predicted molar refractivity (Wildman–Crippen MR) is 61.4 cm³/mol. The second-order valence-electron chi connectivity index (χ2n) is 4.75. The number of aliphatic hydroxyl groups is 1. The maximum Gasteiger partial charge on any atom is 0.407 e. The van der Waals surface area contributed by atoms with E-state index in [1.165, 1.54) is 6.92 Å². The van der Waals surface area contributed by atoms with Crippen molar-refractivity contribution in [2.75, 3.05) is 13.2 Å². The molecular weight excluding hydrogens is 248 g/mol. The summed E-state index contributed by atoms with van der Waals surface area (Å²) in [4.78, 5) is 11.2. The molecular formula is C11H21F2NO4. The van der Waals surface area contributed by atoms with Crippen molar-refractivity contribution < 1.29 is 28.2 Å². The van der Waals surface area contributed by atoms with Crippen LogP contribution in [0.3, 0.4) is 0 Å². The molecule has 0 aliphatic rings. The molecule has 2 N–H and O–H groups in total. The van der Waals surface area contributed by atoms with Crippen LogP contribution in [-0.4, -0.2) is 42.2 Å². The van der Waals surface area contributed by atoms with Crippen molar-refractivity contribution in [1.82, 2.24) is 5.32 Å². The molecule has 0 aliphatic carbocycles. The summed E-state index contributed by atoms with van der Waals surface area (Å²) in [7, 11) is 0. The Hall–Kier alpha value is -0.950. The third kappa shape index (κ3) is 7.39. The van der Waals surface area contributed by atoms with Crippen molar-refractivity contribution in [2.24, 2.45) is 0 Å². The van der Waals surface area contributed by atoms with E-state index in [1.807, 2.05) is 0 Å². The number of alkyl halides is 2. The Balaban J connectivity index is 3.99. The topological polar surface area (TPSA) is 67.8 Å². The lowest BCUT2D eigenvalue weighted by Gasteiger charge is -2.23. The summed E-state index contributed by atoms with van der Waals surface area (Å²) in [5.74, 6) is -3.41. The van der Waals surface area contributed by atoms with Crippen molar-refractivity contribution in [3.05, 3.63) is 0 Å². The molecule has 0 aromatic carbocycles. The van der Waals surface area contributed by atoms with Crippen LogP contribution in [0.2, 0.25) is 0 Å². The molecule has 5 nitrogen and oxygen atoms in total. The molecule has 1 amide bonds. The van der Waals surface area contributed by atoms with Gasteiger partial charge in [-0.25, -0.2) is 13.6 Å². The fourth-order valence-electron chi connectivity index (χ4n) is 1.05. The van der Waals surface area contributed by atoms with Crippen molar-refractivity contribution in [3.8, 4) is 0 Å². The third-order valence-electron chi connectivity index (χ3n) is 1.81. The van der Waals surface area contributed by atoms with Gasteiger partial charge in [0, 0.05) is 19.6 Å². The lowest BCUT2D eigenvalue weighted by Crippen LogP contribution is -2.40. The smallest absolute Gasteiger partial charge is 0.407 e. The zero-order valence-corrected chi connectivity index (χ0v) is 11.1. The Labute approximate surface area is 105 Å². The van der Waals surface area contributed by atoms with Crippen LogP contribution in [-0.2, 0) is 9.47 Å². The highest BCUT2D eigenvalue weighted by atomic mass is 19.3. The van der Waals surface area contributed by atoms with E-state index in [-0.39, 0.29) is 13.2 Å². The summed E-state index contributed by atoms with van der Waals surface area (Å²) >= 11 is 0. The Morgan fingerprint density at radius 2 is 1.94 bits per heavy atom. The van der Waals surface area contributed by atoms with Crippen LogP contribution >= 0.6 is 0 Å². The lowest BCUT2D eigenvalue weighted by atomic mass is 10.2. The zero-order chi connectivity index (χ0) is 14.4. The van der Waals surface area contributed by atoms with E-state index in [0.29, 0.717) is 0 Å². The highest BCUT2D eigenvalue weighted by Crippen LogP contribution is 2.23. The van der Waals surface area contributed by atoms with Gasteiger partial charge in [0.05, 0.1) is 0 Å². The molecule has 0 rings (SSSR count).